The van der Waals surface area contributed by atoms with Crippen molar-refractivity contribution in [2.24, 2.45) is 5.92 Å². The van der Waals surface area contributed by atoms with Crippen molar-refractivity contribution in [3.8, 4) is 5.88 Å². The minimum atomic E-state index is 0.217. The summed E-state index contributed by atoms with van der Waals surface area (Å²) in [6.07, 6.45) is 1.17. The van der Waals surface area contributed by atoms with Crippen LogP contribution < -0.4 is 4.74 Å². The maximum absolute atomic E-state index is 5.71. The molecule has 1 rings (SSSR count). The summed E-state index contributed by atoms with van der Waals surface area (Å²) in [4.78, 5) is 4.39. The third kappa shape index (κ3) is 3.02. The lowest BCUT2D eigenvalue weighted by molar-refractivity contribution is 0.163. The number of aryl methyl sites for hydroxylation is 1. The highest BCUT2D eigenvalue weighted by Crippen LogP contribution is 2.13. The van der Waals surface area contributed by atoms with Crippen molar-refractivity contribution >= 4 is 0 Å². The Morgan fingerprint density at radius 3 is 2.57 bits per heavy atom. The van der Waals surface area contributed by atoms with Gasteiger partial charge in [-0.3, -0.25) is 0 Å². The van der Waals surface area contributed by atoms with Crippen LogP contribution in [0.25, 0.3) is 0 Å². The average molecular weight is 193 g/mol. The van der Waals surface area contributed by atoms with Crippen molar-refractivity contribution in [1.29, 1.82) is 0 Å². The van der Waals surface area contributed by atoms with Gasteiger partial charge in [0.05, 0.1) is 6.10 Å². The molecule has 0 spiro atoms. The Morgan fingerprint density at radius 2 is 2.00 bits per heavy atom. The first-order chi connectivity index (χ1) is 6.63. The van der Waals surface area contributed by atoms with Gasteiger partial charge in [0.1, 0.15) is 0 Å². The summed E-state index contributed by atoms with van der Waals surface area (Å²) < 4.78 is 5.71. The van der Waals surface area contributed by atoms with Gasteiger partial charge in [0.25, 0.3) is 0 Å². The molecule has 0 saturated carbocycles. The number of nitrogens with zero attached hydrogens (tertiary/aromatic N) is 1. The maximum Gasteiger partial charge on any atom is 0.213 e. The first kappa shape index (κ1) is 11.0. The minimum absolute atomic E-state index is 0.217. The number of hydrogen-bond acceptors (Lipinski definition) is 2. The summed E-state index contributed by atoms with van der Waals surface area (Å²) in [6.45, 7) is 8.46. The second-order valence-electron chi connectivity index (χ2n) is 3.89. The first-order valence-electron chi connectivity index (χ1n) is 5.26. The molecule has 1 unspecified atom stereocenters. The van der Waals surface area contributed by atoms with E-state index in [-0.39, 0.29) is 6.10 Å². The first-order valence-corrected chi connectivity index (χ1v) is 5.26. The van der Waals surface area contributed by atoms with Crippen LogP contribution in [-0.2, 0) is 6.42 Å². The van der Waals surface area contributed by atoms with Crippen LogP contribution in [0.5, 0.6) is 5.88 Å². The van der Waals surface area contributed by atoms with E-state index in [0.717, 1.165) is 18.0 Å². The van der Waals surface area contributed by atoms with E-state index in [9.17, 15) is 0 Å². The second-order valence-corrected chi connectivity index (χ2v) is 3.89. The Labute approximate surface area is 86.3 Å². The molecule has 2 nitrogen and oxygen atoms in total. The topological polar surface area (TPSA) is 22.1 Å². The molecule has 78 valence electrons. The van der Waals surface area contributed by atoms with Crippen molar-refractivity contribution < 1.29 is 4.74 Å². The Kier molecular flexibility index (Phi) is 3.93. The molecule has 0 aliphatic rings. The van der Waals surface area contributed by atoms with Crippen molar-refractivity contribution in [1.82, 2.24) is 4.98 Å². The molecule has 1 aromatic rings. The summed E-state index contributed by atoms with van der Waals surface area (Å²) in [5.74, 6) is 1.26. The Hall–Kier alpha value is -1.05. The molecule has 0 aromatic carbocycles. The fraction of sp³-hybridized carbons (Fsp3) is 0.583. The van der Waals surface area contributed by atoms with Crippen LogP contribution in [0.15, 0.2) is 18.2 Å². The van der Waals surface area contributed by atoms with Crippen LogP contribution in [0.1, 0.15) is 33.4 Å². The van der Waals surface area contributed by atoms with E-state index in [1.54, 1.807) is 0 Å². The minimum Gasteiger partial charge on any atom is -0.474 e. The second kappa shape index (κ2) is 4.99. The third-order valence-corrected chi connectivity index (χ3v) is 2.39. The molecule has 1 aromatic heterocycles. The highest BCUT2D eigenvalue weighted by atomic mass is 16.5. The SMILES string of the molecule is CCc1cccc(OC(C)C(C)C)n1. The summed E-state index contributed by atoms with van der Waals surface area (Å²) in [5, 5.41) is 0. The van der Waals surface area contributed by atoms with Gasteiger partial charge < -0.3 is 4.74 Å². The van der Waals surface area contributed by atoms with Gasteiger partial charge in [-0.2, -0.15) is 0 Å². The zero-order valence-corrected chi connectivity index (χ0v) is 9.45. The lowest BCUT2D eigenvalue weighted by atomic mass is 10.1. The van der Waals surface area contributed by atoms with Crippen LogP contribution in [0.3, 0.4) is 0 Å². The number of hydrogen-bond donors (Lipinski definition) is 0. The van der Waals surface area contributed by atoms with Crippen molar-refractivity contribution in [3.63, 3.8) is 0 Å². The van der Waals surface area contributed by atoms with Crippen molar-refractivity contribution in [3.05, 3.63) is 23.9 Å². The van der Waals surface area contributed by atoms with Gasteiger partial charge in [-0.1, -0.05) is 26.8 Å². The lowest BCUT2D eigenvalue weighted by Gasteiger charge is -2.17. The Bertz CT molecular complexity index is 283. The summed E-state index contributed by atoms with van der Waals surface area (Å²) in [5.41, 5.74) is 1.08. The smallest absolute Gasteiger partial charge is 0.213 e. The molecule has 0 bridgehead atoms. The quantitative estimate of drug-likeness (QED) is 0.733. The Balaban J connectivity index is 2.66. The fourth-order valence-electron chi connectivity index (χ4n) is 1.05. The summed E-state index contributed by atoms with van der Waals surface area (Å²) >= 11 is 0. The van der Waals surface area contributed by atoms with Crippen LogP contribution in [0.4, 0.5) is 0 Å². The van der Waals surface area contributed by atoms with E-state index < -0.39 is 0 Å². The molecule has 0 N–H and O–H groups in total. The van der Waals surface area contributed by atoms with E-state index in [2.05, 4.69) is 32.7 Å². The van der Waals surface area contributed by atoms with E-state index in [1.165, 1.54) is 0 Å². The Morgan fingerprint density at radius 1 is 1.29 bits per heavy atom. The predicted molar refractivity (Wildman–Crippen MR) is 58.5 cm³/mol. The molecular formula is C12H19NO. The molecular weight excluding hydrogens is 174 g/mol. The highest BCUT2D eigenvalue weighted by Gasteiger charge is 2.09. The van der Waals surface area contributed by atoms with Crippen LogP contribution in [0, 0.1) is 5.92 Å². The fourth-order valence-corrected chi connectivity index (χ4v) is 1.05. The molecule has 0 fully saturated rings. The number of aromatic nitrogens is 1. The van der Waals surface area contributed by atoms with Crippen LogP contribution >= 0.6 is 0 Å². The highest BCUT2D eigenvalue weighted by molar-refractivity contribution is 5.15. The van der Waals surface area contributed by atoms with Gasteiger partial charge in [0, 0.05) is 11.8 Å². The molecule has 1 heterocycles. The molecule has 14 heavy (non-hydrogen) atoms. The van der Waals surface area contributed by atoms with Gasteiger partial charge in [-0.15, -0.1) is 0 Å². The molecule has 0 aliphatic carbocycles. The lowest BCUT2D eigenvalue weighted by Crippen LogP contribution is -2.19. The van der Waals surface area contributed by atoms with E-state index in [4.69, 9.17) is 4.74 Å². The van der Waals surface area contributed by atoms with E-state index in [0.29, 0.717) is 5.92 Å². The monoisotopic (exact) mass is 193 g/mol. The largest absolute Gasteiger partial charge is 0.474 e. The third-order valence-electron chi connectivity index (χ3n) is 2.39. The molecule has 1 atom stereocenters. The van der Waals surface area contributed by atoms with Crippen molar-refractivity contribution in [2.75, 3.05) is 0 Å². The molecule has 0 radical (unpaired) electrons. The summed E-state index contributed by atoms with van der Waals surface area (Å²) in [7, 11) is 0. The van der Waals surface area contributed by atoms with Gasteiger partial charge in [-0.25, -0.2) is 4.98 Å². The maximum atomic E-state index is 5.71. The molecule has 0 amide bonds. The zero-order valence-electron chi connectivity index (χ0n) is 9.45. The van der Waals surface area contributed by atoms with Gasteiger partial charge >= 0.3 is 0 Å². The standard InChI is InChI=1S/C12H19NO/c1-5-11-7-6-8-12(13-11)14-10(4)9(2)3/h6-10H,5H2,1-4H3. The van der Waals surface area contributed by atoms with E-state index in [1.807, 2.05) is 18.2 Å². The van der Waals surface area contributed by atoms with Crippen LogP contribution in [0.2, 0.25) is 0 Å². The normalized spacial score (nSPS) is 12.9. The summed E-state index contributed by atoms with van der Waals surface area (Å²) in [6, 6.07) is 5.93. The molecule has 0 saturated heterocycles. The predicted octanol–water partition coefficient (Wildman–Crippen LogP) is 3.07. The zero-order chi connectivity index (χ0) is 10.6. The molecule has 0 aliphatic heterocycles. The number of pyridine rings is 1. The average Bonchev–Trinajstić information content (AvgIpc) is 2.18. The number of ether oxygens (including phenoxy) is 1. The van der Waals surface area contributed by atoms with Crippen molar-refractivity contribution in [2.45, 2.75) is 40.2 Å². The van der Waals surface area contributed by atoms with Crippen LogP contribution in [-0.4, -0.2) is 11.1 Å². The van der Waals surface area contributed by atoms with Gasteiger partial charge in [-0.05, 0) is 25.3 Å². The van der Waals surface area contributed by atoms with Gasteiger partial charge in [0.15, 0.2) is 0 Å². The number of rotatable bonds is 4. The van der Waals surface area contributed by atoms with E-state index >= 15 is 0 Å². The molecule has 2 heteroatoms. The van der Waals surface area contributed by atoms with Gasteiger partial charge in [0.2, 0.25) is 5.88 Å².